The van der Waals surface area contributed by atoms with Gasteiger partial charge in [-0.3, -0.25) is 4.79 Å². The molecule has 1 fully saturated rings. The molecule has 0 atom stereocenters. The predicted molar refractivity (Wildman–Crippen MR) is 132 cm³/mol. The number of hydrogen-bond acceptors (Lipinski definition) is 6. The maximum absolute atomic E-state index is 12.7. The molecular weight excluding hydrogens is 414 g/mol. The second-order valence-electron chi connectivity index (χ2n) is 8.77. The van der Waals surface area contributed by atoms with Crippen molar-refractivity contribution in [1.29, 1.82) is 0 Å². The van der Waals surface area contributed by atoms with Crippen molar-refractivity contribution in [3.8, 4) is 5.75 Å². The molecule has 0 aliphatic carbocycles. The number of likely N-dealkylation sites (tertiary alicyclic amines) is 1. The highest BCUT2D eigenvalue weighted by atomic mass is 16.3. The summed E-state index contributed by atoms with van der Waals surface area (Å²) in [6.07, 6.45) is 5.08. The quantitative estimate of drug-likeness (QED) is 0.595. The fourth-order valence-electron chi connectivity index (χ4n) is 4.80. The number of rotatable bonds is 10. The summed E-state index contributed by atoms with van der Waals surface area (Å²) in [5.41, 5.74) is 1.18. The van der Waals surface area contributed by atoms with E-state index in [-0.39, 0.29) is 17.1 Å². The summed E-state index contributed by atoms with van der Waals surface area (Å²) in [4.78, 5) is 28.9. The van der Waals surface area contributed by atoms with E-state index in [2.05, 4.69) is 29.7 Å². The van der Waals surface area contributed by atoms with Gasteiger partial charge in [0.2, 0.25) is 0 Å². The molecule has 1 aliphatic rings. The molecule has 1 aromatic heterocycles. The van der Waals surface area contributed by atoms with E-state index >= 15 is 0 Å². The van der Waals surface area contributed by atoms with E-state index in [0.717, 1.165) is 63.5 Å². The summed E-state index contributed by atoms with van der Waals surface area (Å²) in [6.45, 7) is 15.8. The molecule has 1 saturated heterocycles. The molecule has 1 N–H and O–H groups in total. The van der Waals surface area contributed by atoms with Gasteiger partial charge in [-0.2, -0.15) is 0 Å². The first-order chi connectivity index (χ1) is 16.0. The van der Waals surface area contributed by atoms with Gasteiger partial charge in [-0.1, -0.05) is 26.0 Å². The van der Waals surface area contributed by atoms with E-state index in [1.807, 2.05) is 26.0 Å². The molecule has 0 spiro atoms. The van der Waals surface area contributed by atoms with Crippen LogP contribution in [0.25, 0.3) is 0 Å². The van der Waals surface area contributed by atoms with E-state index in [1.165, 1.54) is 0 Å². The van der Waals surface area contributed by atoms with Crippen molar-refractivity contribution in [2.45, 2.75) is 46.0 Å². The molecule has 2 heterocycles. The summed E-state index contributed by atoms with van der Waals surface area (Å²) < 4.78 is 0. The maximum atomic E-state index is 12.7. The SMILES string of the molecule is CCN(CC)CCN1CCC(c2cccc(O)c2)(c2ncc(C(=O)N(CC)CC)cn2)CC1. The number of phenolic OH excluding ortho intramolecular Hbond substituents is 1. The van der Waals surface area contributed by atoms with Crippen molar-refractivity contribution < 1.29 is 9.90 Å². The van der Waals surface area contributed by atoms with Crippen molar-refractivity contribution in [3.05, 3.63) is 53.6 Å². The van der Waals surface area contributed by atoms with E-state index in [0.29, 0.717) is 18.7 Å². The third kappa shape index (κ3) is 5.71. The van der Waals surface area contributed by atoms with Crippen molar-refractivity contribution in [2.75, 3.05) is 52.4 Å². The summed E-state index contributed by atoms with van der Waals surface area (Å²) in [5, 5.41) is 10.2. The van der Waals surface area contributed by atoms with Gasteiger partial charge in [-0.05, 0) is 70.6 Å². The minimum atomic E-state index is -0.374. The topological polar surface area (TPSA) is 72.8 Å². The summed E-state index contributed by atoms with van der Waals surface area (Å²) >= 11 is 0. The number of hydrogen-bond donors (Lipinski definition) is 1. The molecule has 1 amide bonds. The lowest BCUT2D eigenvalue weighted by Crippen LogP contribution is -2.46. The number of benzene rings is 1. The van der Waals surface area contributed by atoms with Crippen molar-refractivity contribution in [2.24, 2.45) is 0 Å². The van der Waals surface area contributed by atoms with Gasteiger partial charge in [-0.15, -0.1) is 0 Å². The molecule has 2 aromatic rings. The molecule has 33 heavy (non-hydrogen) atoms. The number of carbonyl (C=O) groups is 1. The zero-order valence-corrected chi connectivity index (χ0v) is 20.6. The van der Waals surface area contributed by atoms with Gasteiger partial charge in [-0.25, -0.2) is 9.97 Å². The van der Waals surface area contributed by atoms with Gasteiger partial charge < -0.3 is 19.8 Å². The predicted octanol–water partition coefficient (Wildman–Crippen LogP) is 3.39. The summed E-state index contributed by atoms with van der Waals surface area (Å²) in [7, 11) is 0. The van der Waals surface area contributed by atoms with Gasteiger partial charge in [0, 0.05) is 38.6 Å². The Balaban J connectivity index is 1.84. The lowest BCUT2D eigenvalue weighted by atomic mass is 9.72. The number of aromatic hydroxyl groups is 1. The first kappa shape index (κ1) is 25.1. The van der Waals surface area contributed by atoms with Gasteiger partial charge >= 0.3 is 0 Å². The van der Waals surface area contributed by atoms with Crippen molar-refractivity contribution in [1.82, 2.24) is 24.7 Å². The first-order valence-electron chi connectivity index (χ1n) is 12.3. The highest BCUT2D eigenvalue weighted by molar-refractivity contribution is 5.93. The molecule has 7 heteroatoms. The molecule has 0 saturated carbocycles. The number of piperidine rings is 1. The minimum absolute atomic E-state index is 0.0378. The maximum Gasteiger partial charge on any atom is 0.256 e. The number of phenols is 1. The lowest BCUT2D eigenvalue weighted by molar-refractivity contribution is 0.0772. The molecule has 3 rings (SSSR count). The van der Waals surface area contributed by atoms with Gasteiger partial charge in [0.15, 0.2) is 0 Å². The fourth-order valence-corrected chi connectivity index (χ4v) is 4.80. The third-order valence-corrected chi connectivity index (χ3v) is 7.11. The van der Waals surface area contributed by atoms with Gasteiger partial charge in [0.1, 0.15) is 11.6 Å². The molecule has 0 radical (unpaired) electrons. The Morgan fingerprint density at radius 2 is 1.67 bits per heavy atom. The van der Waals surface area contributed by atoms with Gasteiger partial charge in [0.05, 0.1) is 11.0 Å². The average molecular weight is 454 g/mol. The van der Waals surface area contributed by atoms with Crippen LogP contribution in [-0.2, 0) is 5.41 Å². The van der Waals surface area contributed by atoms with Crippen LogP contribution in [-0.4, -0.2) is 88.0 Å². The molecule has 1 aromatic carbocycles. The Kier molecular flexibility index (Phi) is 8.80. The highest BCUT2D eigenvalue weighted by Crippen LogP contribution is 2.41. The highest BCUT2D eigenvalue weighted by Gasteiger charge is 2.40. The number of aromatic nitrogens is 2. The Bertz CT molecular complexity index is 886. The molecule has 180 valence electrons. The van der Waals surface area contributed by atoms with Crippen LogP contribution < -0.4 is 0 Å². The summed E-state index contributed by atoms with van der Waals surface area (Å²) in [6, 6.07) is 7.48. The average Bonchev–Trinajstić information content (AvgIpc) is 2.86. The van der Waals surface area contributed by atoms with Crippen LogP contribution in [0.1, 0.15) is 62.3 Å². The summed E-state index contributed by atoms with van der Waals surface area (Å²) in [5.74, 6) is 0.945. The smallest absolute Gasteiger partial charge is 0.256 e. The Labute approximate surface area is 198 Å². The number of carbonyl (C=O) groups excluding carboxylic acids is 1. The van der Waals surface area contributed by atoms with E-state index in [4.69, 9.17) is 9.97 Å². The zero-order valence-electron chi connectivity index (χ0n) is 20.6. The molecule has 1 aliphatic heterocycles. The standard InChI is InChI=1S/C26H39N5O2/c1-5-29(6-2)16-17-30-14-12-26(13-15-30,22-10-9-11-23(32)18-22)25-27-19-21(20-28-25)24(33)31(7-3)8-4/h9-11,18-20,32H,5-8,12-17H2,1-4H3. The monoisotopic (exact) mass is 453 g/mol. The number of likely N-dealkylation sites (N-methyl/N-ethyl adjacent to an activating group) is 1. The molecule has 7 nitrogen and oxygen atoms in total. The van der Waals surface area contributed by atoms with Crippen LogP contribution in [0, 0.1) is 0 Å². The van der Waals surface area contributed by atoms with Crippen LogP contribution in [0.15, 0.2) is 36.7 Å². The van der Waals surface area contributed by atoms with Crippen LogP contribution in [0.5, 0.6) is 5.75 Å². The number of amides is 1. The Hall–Kier alpha value is -2.51. The van der Waals surface area contributed by atoms with Crippen LogP contribution >= 0.6 is 0 Å². The van der Waals surface area contributed by atoms with Gasteiger partial charge in [0.25, 0.3) is 5.91 Å². The second-order valence-corrected chi connectivity index (χ2v) is 8.77. The van der Waals surface area contributed by atoms with E-state index < -0.39 is 0 Å². The van der Waals surface area contributed by atoms with E-state index in [9.17, 15) is 9.90 Å². The second kappa shape index (κ2) is 11.6. The largest absolute Gasteiger partial charge is 0.508 e. The van der Waals surface area contributed by atoms with E-state index in [1.54, 1.807) is 23.4 Å². The minimum Gasteiger partial charge on any atom is -0.508 e. The molecular formula is C26H39N5O2. The van der Waals surface area contributed by atoms with Crippen molar-refractivity contribution in [3.63, 3.8) is 0 Å². The first-order valence-corrected chi connectivity index (χ1v) is 12.3. The Morgan fingerprint density at radius 3 is 2.21 bits per heavy atom. The van der Waals surface area contributed by atoms with Crippen LogP contribution in [0.3, 0.4) is 0 Å². The van der Waals surface area contributed by atoms with Crippen LogP contribution in [0.4, 0.5) is 0 Å². The molecule has 0 unspecified atom stereocenters. The normalized spacial score (nSPS) is 16.2. The lowest BCUT2D eigenvalue weighted by Gasteiger charge is -2.41. The third-order valence-electron chi connectivity index (χ3n) is 7.11. The molecule has 0 bridgehead atoms. The zero-order chi connectivity index (χ0) is 23.8. The number of nitrogens with zero attached hydrogens (tertiary/aromatic N) is 5. The van der Waals surface area contributed by atoms with Crippen LogP contribution in [0.2, 0.25) is 0 Å². The Morgan fingerprint density at radius 1 is 1.03 bits per heavy atom. The fraction of sp³-hybridized carbons (Fsp3) is 0.577. The van der Waals surface area contributed by atoms with Crippen molar-refractivity contribution >= 4 is 5.91 Å².